The molecule has 0 amide bonds. The topological polar surface area (TPSA) is 33.3 Å². The van der Waals surface area contributed by atoms with E-state index >= 15 is 0 Å². The van der Waals surface area contributed by atoms with Crippen LogP contribution in [0.25, 0.3) is 0 Å². The fourth-order valence-electron chi connectivity index (χ4n) is 2.84. The molecule has 0 saturated heterocycles. The van der Waals surface area contributed by atoms with Crippen LogP contribution in [0.2, 0.25) is 0 Å². The normalized spacial score (nSPS) is 18.4. The maximum absolute atomic E-state index is 5.53. The van der Waals surface area contributed by atoms with Gasteiger partial charge in [-0.15, -0.1) is 0 Å². The van der Waals surface area contributed by atoms with Gasteiger partial charge in [-0.2, -0.15) is 0 Å². The second-order valence-corrected chi connectivity index (χ2v) is 5.26. The molecule has 2 N–H and O–H groups in total. The molecule has 0 saturated carbocycles. The number of benzene rings is 2. The number of nitrogens with one attached hydrogen (secondary N) is 2. The lowest BCUT2D eigenvalue weighted by molar-refractivity contribution is 0.340. The zero-order chi connectivity index (χ0) is 14.5. The van der Waals surface area contributed by atoms with Crippen molar-refractivity contribution in [2.24, 2.45) is 0 Å². The molecule has 1 atom stereocenters. The zero-order valence-electron chi connectivity index (χ0n) is 12.4. The minimum atomic E-state index is 0.249. The van der Waals surface area contributed by atoms with Crippen LogP contribution in [-0.2, 0) is 6.54 Å². The van der Waals surface area contributed by atoms with Gasteiger partial charge in [0.05, 0.1) is 12.6 Å². The Labute approximate surface area is 126 Å². The van der Waals surface area contributed by atoms with Crippen molar-refractivity contribution in [3.8, 4) is 5.75 Å². The highest BCUT2D eigenvalue weighted by Crippen LogP contribution is 2.27. The largest absolute Gasteiger partial charge is 0.494 e. The first-order valence-electron chi connectivity index (χ1n) is 7.63. The fourth-order valence-corrected chi connectivity index (χ4v) is 2.84. The Kier molecular flexibility index (Phi) is 4.53. The third kappa shape index (κ3) is 3.26. The highest BCUT2D eigenvalue weighted by atomic mass is 16.5. The van der Waals surface area contributed by atoms with Crippen LogP contribution in [-0.4, -0.2) is 19.7 Å². The molecule has 3 rings (SSSR count). The SMILES string of the molecule is CCOc1ccc(C2NCCNCc3ccccc32)cc1. The Morgan fingerprint density at radius 2 is 1.86 bits per heavy atom. The first kappa shape index (κ1) is 14.1. The number of rotatable bonds is 3. The van der Waals surface area contributed by atoms with Gasteiger partial charge in [0.2, 0.25) is 0 Å². The minimum absolute atomic E-state index is 0.249. The van der Waals surface area contributed by atoms with Crippen molar-refractivity contribution in [3.05, 3.63) is 65.2 Å². The van der Waals surface area contributed by atoms with Gasteiger partial charge in [0.1, 0.15) is 5.75 Å². The summed E-state index contributed by atoms with van der Waals surface area (Å²) in [5.41, 5.74) is 4.00. The summed E-state index contributed by atoms with van der Waals surface area (Å²) < 4.78 is 5.53. The van der Waals surface area contributed by atoms with Crippen molar-refractivity contribution in [1.29, 1.82) is 0 Å². The van der Waals surface area contributed by atoms with Crippen LogP contribution in [0.3, 0.4) is 0 Å². The fraction of sp³-hybridized carbons (Fsp3) is 0.333. The minimum Gasteiger partial charge on any atom is -0.494 e. The molecule has 0 bridgehead atoms. The second kappa shape index (κ2) is 6.74. The Morgan fingerprint density at radius 1 is 1.05 bits per heavy atom. The van der Waals surface area contributed by atoms with Crippen LogP contribution in [0.5, 0.6) is 5.75 Å². The number of ether oxygens (including phenoxy) is 1. The molecule has 0 aliphatic carbocycles. The molecule has 1 aliphatic rings. The van der Waals surface area contributed by atoms with E-state index in [-0.39, 0.29) is 6.04 Å². The number of hydrogen-bond donors (Lipinski definition) is 2. The average Bonchev–Trinajstić information content (AvgIpc) is 2.50. The van der Waals surface area contributed by atoms with Crippen molar-refractivity contribution < 1.29 is 4.74 Å². The first-order valence-corrected chi connectivity index (χ1v) is 7.63. The summed E-state index contributed by atoms with van der Waals surface area (Å²) in [6, 6.07) is 17.3. The molecule has 21 heavy (non-hydrogen) atoms. The number of fused-ring (bicyclic) bond motifs is 1. The molecule has 0 fully saturated rings. The third-order valence-corrected chi connectivity index (χ3v) is 3.86. The maximum Gasteiger partial charge on any atom is 0.119 e. The van der Waals surface area contributed by atoms with Gasteiger partial charge in [-0.25, -0.2) is 0 Å². The molecule has 3 nitrogen and oxygen atoms in total. The summed E-state index contributed by atoms with van der Waals surface area (Å²) in [6.07, 6.45) is 0. The van der Waals surface area contributed by atoms with Crippen LogP contribution >= 0.6 is 0 Å². The van der Waals surface area contributed by atoms with E-state index in [0.29, 0.717) is 6.61 Å². The molecule has 2 aromatic carbocycles. The zero-order valence-corrected chi connectivity index (χ0v) is 12.4. The van der Waals surface area contributed by atoms with Gasteiger partial charge in [-0.1, -0.05) is 36.4 Å². The van der Waals surface area contributed by atoms with Crippen molar-refractivity contribution in [1.82, 2.24) is 10.6 Å². The first-order chi connectivity index (χ1) is 10.4. The van der Waals surface area contributed by atoms with Crippen molar-refractivity contribution in [2.75, 3.05) is 19.7 Å². The van der Waals surface area contributed by atoms with Gasteiger partial charge in [0, 0.05) is 19.6 Å². The van der Waals surface area contributed by atoms with Gasteiger partial charge in [-0.3, -0.25) is 0 Å². The van der Waals surface area contributed by atoms with Gasteiger partial charge < -0.3 is 15.4 Å². The molecule has 2 aromatic rings. The van der Waals surface area contributed by atoms with Crippen LogP contribution in [0.1, 0.15) is 29.7 Å². The molecule has 1 heterocycles. The van der Waals surface area contributed by atoms with Crippen molar-refractivity contribution in [3.63, 3.8) is 0 Å². The summed E-state index contributed by atoms with van der Waals surface area (Å²) in [5.74, 6) is 0.932. The predicted molar refractivity (Wildman–Crippen MR) is 85.6 cm³/mol. The van der Waals surface area contributed by atoms with Gasteiger partial charge >= 0.3 is 0 Å². The van der Waals surface area contributed by atoms with E-state index in [1.54, 1.807) is 0 Å². The maximum atomic E-state index is 5.53. The average molecular weight is 282 g/mol. The molecule has 1 unspecified atom stereocenters. The lowest BCUT2D eigenvalue weighted by Crippen LogP contribution is -2.34. The summed E-state index contributed by atoms with van der Waals surface area (Å²) in [5, 5.41) is 7.10. The van der Waals surface area contributed by atoms with Gasteiger partial charge in [-0.05, 0) is 35.7 Å². The third-order valence-electron chi connectivity index (χ3n) is 3.86. The van der Waals surface area contributed by atoms with E-state index < -0.39 is 0 Å². The van der Waals surface area contributed by atoms with E-state index in [2.05, 4.69) is 59.2 Å². The molecule has 0 radical (unpaired) electrons. The summed E-state index contributed by atoms with van der Waals surface area (Å²) in [4.78, 5) is 0. The quantitative estimate of drug-likeness (QED) is 0.908. The Bertz CT molecular complexity index is 580. The monoisotopic (exact) mass is 282 g/mol. The van der Waals surface area contributed by atoms with Crippen LogP contribution in [0.15, 0.2) is 48.5 Å². The van der Waals surface area contributed by atoms with Gasteiger partial charge in [0.25, 0.3) is 0 Å². The smallest absolute Gasteiger partial charge is 0.119 e. The predicted octanol–water partition coefficient (Wildman–Crippen LogP) is 2.87. The van der Waals surface area contributed by atoms with E-state index in [9.17, 15) is 0 Å². The summed E-state index contributed by atoms with van der Waals surface area (Å²) >= 11 is 0. The summed E-state index contributed by atoms with van der Waals surface area (Å²) in [6.45, 7) is 5.60. The number of hydrogen-bond acceptors (Lipinski definition) is 3. The Balaban J connectivity index is 1.93. The molecule has 0 spiro atoms. The lowest BCUT2D eigenvalue weighted by Gasteiger charge is -2.25. The van der Waals surface area contributed by atoms with E-state index in [1.165, 1.54) is 16.7 Å². The van der Waals surface area contributed by atoms with E-state index in [0.717, 1.165) is 25.4 Å². The van der Waals surface area contributed by atoms with E-state index in [4.69, 9.17) is 4.74 Å². The second-order valence-electron chi connectivity index (χ2n) is 5.26. The molecule has 1 aliphatic heterocycles. The standard InChI is InChI=1S/C18H22N2O/c1-2-21-16-9-7-14(8-10-16)18-17-6-4-3-5-15(17)13-19-11-12-20-18/h3-10,18-20H,2,11-13H2,1H3. The summed E-state index contributed by atoms with van der Waals surface area (Å²) in [7, 11) is 0. The molecule has 110 valence electrons. The molecule has 3 heteroatoms. The van der Waals surface area contributed by atoms with Crippen LogP contribution in [0.4, 0.5) is 0 Å². The molecular formula is C18H22N2O. The van der Waals surface area contributed by atoms with Crippen LogP contribution < -0.4 is 15.4 Å². The lowest BCUT2D eigenvalue weighted by atomic mass is 9.93. The molecule has 0 aromatic heterocycles. The van der Waals surface area contributed by atoms with Crippen molar-refractivity contribution >= 4 is 0 Å². The molecular weight excluding hydrogens is 260 g/mol. The van der Waals surface area contributed by atoms with Crippen molar-refractivity contribution in [2.45, 2.75) is 19.5 Å². The van der Waals surface area contributed by atoms with E-state index in [1.807, 2.05) is 6.92 Å². The Morgan fingerprint density at radius 3 is 2.67 bits per heavy atom. The van der Waals surface area contributed by atoms with Crippen LogP contribution in [0, 0.1) is 0 Å². The highest BCUT2D eigenvalue weighted by molar-refractivity contribution is 5.39. The van der Waals surface area contributed by atoms with Gasteiger partial charge in [0.15, 0.2) is 0 Å². The Hall–Kier alpha value is -1.84. The highest BCUT2D eigenvalue weighted by Gasteiger charge is 2.18.